The number of benzene rings is 1. The van der Waals surface area contributed by atoms with Crippen LogP contribution in [-0.4, -0.2) is 28.2 Å². The van der Waals surface area contributed by atoms with Crippen molar-refractivity contribution in [3.05, 3.63) is 53.3 Å². The fraction of sp³-hybridized carbons (Fsp3) is 0.294. The van der Waals surface area contributed by atoms with E-state index in [0.29, 0.717) is 6.54 Å². The van der Waals surface area contributed by atoms with E-state index in [1.54, 1.807) is 12.4 Å². The molecule has 5 heteroatoms. The van der Waals surface area contributed by atoms with Gasteiger partial charge in [0.25, 0.3) is 0 Å². The summed E-state index contributed by atoms with van der Waals surface area (Å²) in [6, 6.07) is 8.04. The molecular formula is C17H18N4O. The molecule has 1 aliphatic rings. The fourth-order valence-electron chi connectivity index (χ4n) is 2.37. The summed E-state index contributed by atoms with van der Waals surface area (Å²) in [5.74, 6) is 6.21. The van der Waals surface area contributed by atoms with Gasteiger partial charge in [0, 0.05) is 24.8 Å². The van der Waals surface area contributed by atoms with Gasteiger partial charge in [-0.1, -0.05) is 24.0 Å². The van der Waals surface area contributed by atoms with Gasteiger partial charge in [0.05, 0.1) is 17.3 Å². The van der Waals surface area contributed by atoms with Crippen molar-refractivity contribution in [2.45, 2.75) is 25.4 Å². The Labute approximate surface area is 129 Å². The second-order valence-corrected chi connectivity index (χ2v) is 5.63. The van der Waals surface area contributed by atoms with E-state index in [1.165, 1.54) is 0 Å². The maximum Gasteiger partial charge on any atom is 0.240 e. The average molecular weight is 294 g/mol. The highest BCUT2D eigenvalue weighted by molar-refractivity contribution is 5.87. The molecule has 1 amide bonds. The summed E-state index contributed by atoms with van der Waals surface area (Å²) in [6.45, 7) is 3.35. The maximum atomic E-state index is 11.8. The zero-order valence-corrected chi connectivity index (χ0v) is 12.4. The largest absolute Gasteiger partial charge is 0.354 e. The molecule has 1 unspecified atom stereocenters. The lowest BCUT2D eigenvalue weighted by Crippen LogP contribution is -2.47. The second kappa shape index (κ2) is 6.04. The van der Waals surface area contributed by atoms with E-state index >= 15 is 0 Å². The number of carbonyl (C=O) groups is 1. The predicted octanol–water partition coefficient (Wildman–Crippen LogP) is 1.18. The molecule has 0 saturated carbocycles. The minimum Gasteiger partial charge on any atom is -0.354 e. The lowest BCUT2D eigenvalue weighted by atomic mass is 10.00. The van der Waals surface area contributed by atoms with Gasteiger partial charge in [0.2, 0.25) is 5.91 Å². The number of H-pyrrole nitrogens is 1. The molecule has 0 radical (unpaired) electrons. The van der Waals surface area contributed by atoms with Crippen LogP contribution in [0.15, 0.2) is 36.7 Å². The first-order valence-electron chi connectivity index (χ1n) is 7.29. The Morgan fingerprint density at radius 3 is 2.68 bits per heavy atom. The minimum atomic E-state index is -0.459. The number of amides is 1. The van der Waals surface area contributed by atoms with Crippen molar-refractivity contribution in [3.8, 4) is 11.8 Å². The lowest BCUT2D eigenvalue weighted by Gasteiger charge is -2.22. The molecule has 0 aliphatic carbocycles. The van der Waals surface area contributed by atoms with Crippen LogP contribution < -0.4 is 10.6 Å². The molecule has 1 aromatic heterocycles. The highest BCUT2D eigenvalue weighted by Gasteiger charge is 2.36. The smallest absolute Gasteiger partial charge is 0.240 e. The molecule has 2 heterocycles. The van der Waals surface area contributed by atoms with Gasteiger partial charge in [0.1, 0.15) is 0 Å². The predicted molar refractivity (Wildman–Crippen MR) is 83.9 cm³/mol. The van der Waals surface area contributed by atoms with Crippen molar-refractivity contribution in [1.29, 1.82) is 0 Å². The number of carbonyl (C=O) groups excluding carboxylic acids is 1. The summed E-state index contributed by atoms with van der Waals surface area (Å²) in [4.78, 5) is 11.8. The normalized spacial score (nSPS) is 20.3. The first-order chi connectivity index (χ1) is 10.7. The summed E-state index contributed by atoms with van der Waals surface area (Å²) >= 11 is 0. The summed E-state index contributed by atoms with van der Waals surface area (Å²) in [7, 11) is 0. The minimum absolute atomic E-state index is 0.0788. The highest BCUT2D eigenvalue weighted by Crippen LogP contribution is 2.16. The number of aromatic amines is 1. The van der Waals surface area contributed by atoms with E-state index in [2.05, 4.69) is 32.7 Å². The Kier molecular flexibility index (Phi) is 3.94. The molecule has 2 aromatic rings. The Hall–Kier alpha value is -2.58. The molecule has 3 N–H and O–H groups in total. The van der Waals surface area contributed by atoms with E-state index in [4.69, 9.17) is 0 Å². The molecule has 1 fully saturated rings. The third kappa shape index (κ3) is 3.18. The maximum absolute atomic E-state index is 11.8. The second-order valence-electron chi connectivity index (χ2n) is 5.63. The number of hydrogen-bond acceptors (Lipinski definition) is 3. The van der Waals surface area contributed by atoms with Gasteiger partial charge < -0.3 is 5.32 Å². The van der Waals surface area contributed by atoms with Gasteiger partial charge in [-0.05, 0) is 31.0 Å². The van der Waals surface area contributed by atoms with Crippen molar-refractivity contribution in [3.63, 3.8) is 0 Å². The van der Waals surface area contributed by atoms with E-state index < -0.39 is 5.54 Å². The molecular weight excluding hydrogens is 276 g/mol. The zero-order valence-electron chi connectivity index (χ0n) is 12.4. The fourth-order valence-corrected chi connectivity index (χ4v) is 2.37. The van der Waals surface area contributed by atoms with Crippen molar-refractivity contribution >= 4 is 5.91 Å². The van der Waals surface area contributed by atoms with Crippen LogP contribution in [0.4, 0.5) is 0 Å². The Morgan fingerprint density at radius 2 is 2.05 bits per heavy atom. The Bertz CT molecular complexity index is 709. The van der Waals surface area contributed by atoms with Crippen LogP contribution in [0.25, 0.3) is 0 Å². The van der Waals surface area contributed by atoms with Crippen LogP contribution in [0.3, 0.4) is 0 Å². The molecule has 1 saturated heterocycles. The molecule has 22 heavy (non-hydrogen) atoms. The van der Waals surface area contributed by atoms with Crippen molar-refractivity contribution < 1.29 is 4.79 Å². The number of hydrogen-bond donors (Lipinski definition) is 3. The van der Waals surface area contributed by atoms with E-state index in [0.717, 1.165) is 29.7 Å². The average Bonchev–Trinajstić information content (AvgIpc) is 3.16. The van der Waals surface area contributed by atoms with Crippen molar-refractivity contribution in [2.75, 3.05) is 6.54 Å². The topological polar surface area (TPSA) is 69.8 Å². The third-order valence-electron chi connectivity index (χ3n) is 3.90. The number of nitrogens with zero attached hydrogens (tertiary/aromatic N) is 1. The van der Waals surface area contributed by atoms with Crippen LogP contribution >= 0.6 is 0 Å². The van der Waals surface area contributed by atoms with Crippen LogP contribution in [0.2, 0.25) is 0 Å². The van der Waals surface area contributed by atoms with E-state index in [-0.39, 0.29) is 5.91 Å². The molecule has 1 atom stereocenters. The Morgan fingerprint density at radius 1 is 1.27 bits per heavy atom. The first-order valence-corrected chi connectivity index (χ1v) is 7.29. The SMILES string of the molecule is CC1(NCc2ccc(C#Cc3cn[nH]c3)cc2)CCNC1=O. The molecule has 1 aromatic carbocycles. The van der Waals surface area contributed by atoms with Gasteiger partial charge in [-0.2, -0.15) is 5.10 Å². The van der Waals surface area contributed by atoms with E-state index in [9.17, 15) is 4.79 Å². The highest BCUT2D eigenvalue weighted by atomic mass is 16.2. The number of rotatable bonds is 3. The van der Waals surface area contributed by atoms with Gasteiger partial charge in [0.15, 0.2) is 0 Å². The molecule has 3 rings (SSSR count). The van der Waals surface area contributed by atoms with Crippen LogP contribution in [-0.2, 0) is 11.3 Å². The third-order valence-corrected chi connectivity index (χ3v) is 3.90. The summed E-state index contributed by atoms with van der Waals surface area (Å²) in [5, 5.41) is 12.8. The number of nitrogens with one attached hydrogen (secondary N) is 3. The zero-order chi connectivity index (χ0) is 15.4. The van der Waals surface area contributed by atoms with Crippen LogP contribution in [0.5, 0.6) is 0 Å². The van der Waals surface area contributed by atoms with Crippen LogP contribution in [0, 0.1) is 11.8 Å². The molecule has 0 spiro atoms. The molecule has 0 bridgehead atoms. The number of aromatic nitrogens is 2. The van der Waals surface area contributed by atoms with Gasteiger partial charge in [-0.15, -0.1) is 0 Å². The van der Waals surface area contributed by atoms with Gasteiger partial charge in [-0.25, -0.2) is 0 Å². The summed E-state index contributed by atoms with van der Waals surface area (Å²) in [5.41, 5.74) is 2.50. The van der Waals surface area contributed by atoms with Crippen molar-refractivity contribution in [1.82, 2.24) is 20.8 Å². The van der Waals surface area contributed by atoms with Crippen LogP contribution in [0.1, 0.15) is 30.0 Å². The molecule has 1 aliphatic heterocycles. The van der Waals surface area contributed by atoms with Crippen molar-refractivity contribution in [2.24, 2.45) is 0 Å². The Balaban J connectivity index is 1.61. The lowest BCUT2D eigenvalue weighted by molar-refractivity contribution is -0.124. The summed E-state index contributed by atoms with van der Waals surface area (Å²) in [6.07, 6.45) is 4.28. The first kappa shape index (κ1) is 14.4. The monoisotopic (exact) mass is 294 g/mol. The molecule has 112 valence electrons. The molecule has 5 nitrogen and oxygen atoms in total. The quantitative estimate of drug-likeness (QED) is 0.745. The van der Waals surface area contributed by atoms with Gasteiger partial charge in [-0.3, -0.25) is 15.2 Å². The summed E-state index contributed by atoms with van der Waals surface area (Å²) < 4.78 is 0. The van der Waals surface area contributed by atoms with Gasteiger partial charge >= 0.3 is 0 Å². The van der Waals surface area contributed by atoms with E-state index in [1.807, 2.05) is 31.2 Å². The standard InChI is InChI=1S/C17H18N4O/c1-17(8-9-18-16(17)22)19-10-14-5-2-13(3-6-14)4-7-15-11-20-21-12-15/h2-3,5-6,11-12,19H,8-10H2,1H3,(H,18,22)(H,20,21).